The van der Waals surface area contributed by atoms with Gasteiger partial charge in [0.25, 0.3) is 0 Å². The molecule has 0 saturated carbocycles. The Morgan fingerprint density at radius 2 is 2.09 bits per heavy atom. The van der Waals surface area contributed by atoms with Crippen LogP contribution in [0.15, 0.2) is 42.6 Å². The molecular weight excluding hydrogens is 297 g/mol. The summed E-state index contributed by atoms with van der Waals surface area (Å²) in [6.45, 7) is 0.375. The average Bonchev–Trinajstić information content (AvgIpc) is 2.55. The molecule has 1 aromatic heterocycles. The molecule has 1 aromatic carbocycles. The van der Waals surface area contributed by atoms with E-state index in [9.17, 15) is 9.18 Å². The highest BCUT2D eigenvalue weighted by Crippen LogP contribution is 2.21. The monoisotopic (exact) mass is 313 g/mol. The third kappa shape index (κ3) is 5.40. The molecular formula is C17H16FN3O2. The van der Waals surface area contributed by atoms with Gasteiger partial charge in [-0.25, -0.2) is 9.37 Å². The number of amides is 1. The molecule has 1 heterocycles. The van der Waals surface area contributed by atoms with E-state index < -0.39 is 0 Å². The lowest BCUT2D eigenvalue weighted by Gasteiger charge is -2.11. The molecule has 1 N–H and O–H groups in total. The molecule has 5 nitrogen and oxygen atoms in total. The number of hydrogen-bond acceptors (Lipinski definition) is 4. The molecule has 0 bridgehead atoms. The summed E-state index contributed by atoms with van der Waals surface area (Å²) in [5.41, 5.74) is 0.705. The molecule has 0 saturated heterocycles. The minimum absolute atomic E-state index is 0.116. The number of unbranched alkanes of at least 4 members (excludes halogenated alkanes) is 1. The number of pyridine rings is 1. The van der Waals surface area contributed by atoms with Crippen molar-refractivity contribution >= 4 is 11.7 Å². The number of rotatable bonds is 7. The zero-order chi connectivity index (χ0) is 16.5. The fraction of sp³-hybridized carbons (Fsp3) is 0.235. The topological polar surface area (TPSA) is 75.0 Å². The second-order valence-electron chi connectivity index (χ2n) is 4.81. The first-order valence-electron chi connectivity index (χ1n) is 7.18. The van der Waals surface area contributed by atoms with Crippen LogP contribution < -0.4 is 10.1 Å². The minimum atomic E-state index is -0.341. The lowest BCUT2D eigenvalue weighted by Crippen LogP contribution is -2.16. The second-order valence-corrected chi connectivity index (χ2v) is 4.81. The van der Waals surface area contributed by atoms with Crippen molar-refractivity contribution in [3.05, 3.63) is 54.0 Å². The molecule has 6 heteroatoms. The maximum absolute atomic E-state index is 12.8. The number of anilines is 1. The van der Waals surface area contributed by atoms with Gasteiger partial charge in [-0.3, -0.25) is 4.79 Å². The molecule has 0 atom stereocenters. The van der Waals surface area contributed by atoms with Crippen molar-refractivity contribution in [2.75, 3.05) is 11.9 Å². The molecule has 0 fully saturated rings. The van der Waals surface area contributed by atoms with E-state index in [4.69, 9.17) is 10.00 Å². The third-order valence-corrected chi connectivity index (χ3v) is 3.00. The van der Waals surface area contributed by atoms with Gasteiger partial charge in [0, 0.05) is 12.6 Å². The van der Waals surface area contributed by atoms with E-state index in [1.54, 1.807) is 30.5 Å². The minimum Gasteiger partial charge on any atom is -0.490 e. The van der Waals surface area contributed by atoms with E-state index in [1.807, 2.05) is 6.07 Å². The van der Waals surface area contributed by atoms with Gasteiger partial charge in [-0.05, 0) is 36.2 Å². The van der Waals surface area contributed by atoms with Gasteiger partial charge in [-0.1, -0.05) is 12.1 Å². The number of nitrogens with zero attached hydrogens (tertiary/aromatic N) is 2. The molecule has 0 aliphatic rings. The number of hydrogen-bond donors (Lipinski definition) is 1. The largest absolute Gasteiger partial charge is 0.490 e. The molecule has 0 unspecified atom stereocenters. The van der Waals surface area contributed by atoms with E-state index in [-0.39, 0.29) is 18.1 Å². The van der Waals surface area contributed by atoms with Crippen LogP contribution in [0.4, 0.5) is 10.2 Å². The van der Waals surface area contributed by atoms with Crippen LogP contribution in [0.2, 0.25) is 0 Å². The Bertz CT molecular complexity index is 696. The quantitative estimate of drug-likeness (QED) is 0.797. The number of benzene rings is 1. The predicted molar refractivity (Wildman–Crippen MR) is 83.3 cm³/mol. The van der Waals surface area contributed by atoms with Crippen LogP contribution in [0.3, 0.4) is 0 Å². The summed E-state index contributed by atoms with van der Waals surface area (Å²) in [7, 11) is 0. The molecule has 2 rings (SSSR count). The average molecular weight is 313 g/mol. The van der Waals surface area contributed by atoms with Gasteiger partial charge >= 0.3 is 0 Å². The summed E-state index contributed by atoms with van der Waals surface area (Å²) in [5, 5.41) is 11.2. The normalized spacial score (nSPS) is 9.91. The fourth-order valence-electron chi connectivity index (χ4n) is 1.90. The molecule has 1 amide bonds. The smallest absolute Gasteiger partial charge is 0.230 e. The molecule has 2 aromatic rings. The Morgan fingerprint density at radius 3 is 2.83 bits per heavy atom. The molecule has 23 heavy (non-hydrogen) atoms. The van der Waals surface area contributed by atoms with Gasteiger partial charge in [-0.2, -0.15) is 5.26 Å². The zero-order valence-electron chi connectivity index (χ0n) is 12.5. The van der Waals surface area contributed by atoms with Crippen molar-refractivity contribution in [2.24, 2.45) is 0 Å². The summed E-state index contributed by atoms with van der Waals surface area (Å²) in [6, 6.07) is 11.2. The third-order valence-electron chi connectivity index (χ3n) is 3.00. The summed E-state index contributed by atoms with van der Waals surface area (Å²) >= 11 is 0. The first kappa shape index (κ1) is 16.4. The number of nitriles is 1. The van der Waals surface area contributed by atoms with Crippen LogP contribution in [0.1, 0.15) is 18.4 Å². The summed E-state index contributed by atoms with van der Waals surface area (Å²) in [6.07, 6.45) is 2.68. The first-order chi connectivity index (χ1) is 11.2. The number of ether oxygens (including phenoxy) is 1. The standard InChI is InChI=1S/C17H16FN3O2/c18-14-7-5-13(6-8-14)12-16(22)21-17-15(4-3-10-20-17)23-11-2-1-9-19/h3-8,10H,1-2,11-12H2,(H,20,21,22). The number of aromatic nitrogens is 1. The molecule has 0 aliphatic heterocycles. The van der Waals surface area contributed by atoms with Gasteiger partial charge in [0.2, 0.25) is 5.91 Å². The highest BCUT2D eigenvalue weighted by atomic mass is 19.1. The van der Waals surface area contributed by atoms with E-state index in [2.05, 4.69) is 10.3 Å². The number of carbonyl (C=O) groups is 1. The predicted octanol–water partition coefficient (Wildman–Crippen LogP) is 3.08. The summed E-state index contributed by atoms with van der Waals surface area (Å²) < 4.78 is 18.4. The zero-order valence-corrected chi connectivity index (χ0v) is 12.5. The van der Waals surface area contributed by atoms with Crippen molar-refractivity contribution in [1.29, 1.82) is 5.26 Å². The molecule has 0 radical (unpaired) electrons. The van der Waals surface area contributed by atoms with E-state index in [1.165, 1.54) is 12.1 Å². The summed E-state index contributed by atoms with van der Waals surface area (Å²) in [4.78, 5) is 16.1. The van der Waals surface area contributed by atoms with Crippen LogP contribution >= 0.6 is 0 Å². The SMILES string of the molecule is N#CCCCOc1cccnc1NC(=O)Cc1ccc(F)cc1. The summed E-state index contributed by atoms with van der Waals surface area (Å²) in [5.74, 6) is 0.179. The Kier molecular flexibility index (Phi) is 6.07. The Balaban J connectivity index is 1.94. The Morgan fingerprint density at radius 1 is 1.30 bits per heavy atom. The van der Waals surface area contributed by atoms with Crippen LogP contribution in [0, 0.1) is 17.1 Å². The van der Waals surface area contributed by atoms with Crippen molar-refractivity contribution < 1.29 is 13.9 Å². The van der Waals surface area contributed by atoms with Gasteiger partial charge in [0.15, 0.2) is 11.6 Å². The Hall–Kier alpha value is -2.94. The highest BCUT2D eigenvalue weighted by molar-refractivity contribution is 5.92. The van der Waals surface area contributed by atoms with Gasteiger partial charge in [0.05, 0.1) is 19.1 Å². The van der Waals surface area contributed by atoms with Crippen LogP contribution in [0.5, 0.6) is 5.75 Å². The first-order valence-corrected chi connectivity index (χ1v) is 7.18. The molecule has 118 valence electrons. The van der Waals surface area contributed by atoms with Gasteiger partial charge < -0.3 is 10.1 Å². The Labute approximate surface area is 133 Å². The van der Waals surface area contributed by atoms with Gasteiger partial charge in [-0.15, -0.1) is 0 Å². The maximum atomic E-state index is 12.8. The molecule has 0 aliphatic carbocycles. The van der Waals surface area contributed by atoms with Crippen LogP contribution in [-0.4, -0.2) is 17.5 Å². The van der Waals surface area contributed by atoms with Crippen molar-refractivity contribution in [3.8, 4) is 11.8 Å². The number of carbonyl (C=O) groups excluding carboxylic acids is 1. The van der Waals surface area contributed by atoms with E-state index >= 15 is 0 Å². The van der Waals surface area contributed by atoms with E-state index in [0.717, 1.165) is 0 Å². The number of halogens is 1. The maximum Gasteiger partial charge on any atom is 0.230 e. The lowest BCUT2D eigenvalue weighted by molar-refractivity contribution is -0.115. The molecule has 0 spiro atoms. The van der Waals surface area contributed by atoms with E-state index in [0.29, 0.717) is 36.6 Å². The van der Waals surface area contributed by atoms with Gasteiger partial charge in [0.1, 0.15) is 5.82 Å². The van der Waals surface area contributed by atoms with Crippen molar-refractivity contribution in [3.63, 3.8) is 0 Å². The second kappa shape index (κ2) is 8.49. The lowest BCUT2D eigenvalue weighted by atomic mass is 10.1. The van der Waals surface area contributed by atoms with Crippen LogP contribution in [-0.2, 0) is 11.2 Å². The number of nitrogens with one attached hydrogen (secondary N) is 1. The van der Waals surface area contributed by atoms with Crippen LogP contribution in [0.25, 0.3) is 0 Å². The fourth-order valence-corrected chi connectivity index (χ4v) is 1.90. The van der Waals surface area contributed by atoms with Crippen molar-refractivity contribution in [2.45, 2.75) is 19.3 Å². The highest BCUT2D eigenvalue weighted by Gasteiger charge is 2.10. The van der Waals surface area contributed by atoms with Crippen molar-refractivity contribution in [1.82, 2.24) is 4.98 Å².